The normalized spacial score (nSPS) is 10.4. The second-order valence-corrected chi connectivity index (χ2v) is 7.03. The van der Waals surface area contributed by atoms with Crippen LogP contribution in [0.2, 0.25) is 0 Å². The molecule has 0 N–H and O–H groups in total. The predicted molar refractivity (Wildman–Crippen MR) is 111 cm³/mol. The van der Waals surface area contributed by atoms with Gasteiger partial charge in [0.2, 0.25) is 0 Å². The number of methoxy groups -OCH3 is 2. The van der Waals surface area contributed by atoms with Crippen LogP contribution in [0, 0.1) is 13.8 Å². The van der Waals surface area contributed by atoms with Gasteiger partial charge in [0.1, 0.15) is 0 Å². The van der Waals surface area contributed by atoms with Crippen LogP contribution in [0.4, 0.5) is 0 Å². The molecule has 0 aliphatic heterocycles. The standard InChI is InChI=1S/C23H29NO5/c1-16-6-9-19(17(2)12-16)14-24(3)22(25)15-29-23(26)11-8-18-7-10-20(27-4)21(13-18)28-5/h6-7,9-10,12-13H,8,11,14-15H2,1-5H3. The number of aryl methyl sites for hydroxylation is 3. The Balaban J connectivity index is 1.80. The van der Waals surface area contributed by atoms with Gasteiger partial charge in [0.15, 0.2) is 18.1 Å². The summed E-state index contributed by atoms with van der Waals surface area (Å²) in [6, 6.07) is 11.6. The molecule has 0 atom stereocenters. The Morgan fingerprint density at radius 1 is 0.966 bits per heavy atom. The molecule has 0 saturated carbocycles. The number of rotatable bonds is 9. The minimum absolute atomic E-state index is 0.184. The Bertz CT molecular complexity index is 862. The Morgan fingerprint density at radius 3 is 2.34 bits per heavy atom. The van der Waals surface area contributed by atoms with Crippen molar-refractivity contribution in [1.29, 1.82) is 0 Å². The third kappa shape index (κ3) is 6.52. The minimum Gasteiger partial charge on any atom is -0.493 e. The molecule has 29 heavy (non-hydrogen) atoms. The molecule has 0 aromatic heterocycles. The molecule has 0 unspecified atom stereocenters. The van der Waals surface area contributed by atoms with Gasteiger partial charge in [0, 0.05) is 20.0 Å². The molecule has 0 saturated heterocycles. The van der Waals surface area contributed by atoms with Crippen molar-refractivity contribution >= 4 is 11.9 Å². The fraction of sp³-hybridized carbons (Fsp3) is 0.391. The third-order valence-electron chi connectivity index (χ3n) is 4.75. The molecule has 2 rings (SSSR count). The zero-order valence-corrected chi connectivity index (χ0v) is 17.8. The van der Waals surface area contributed by atoms with Crippen LogP contribution in [0.15, 0.2) is 36.4 Å². The molecule has 2 aromatic carbocycles. The summed E-state index contributed by atoms with van der Waals surface area (Å²) in [6.07, 6.45) is 0.676. The molecule has 1 amide bonds. The molecule has 156 valence electrons. The lowest BCUT2D eigenvalue weighted by Crippen LogP contribution is -2.31. The summed E-state index contributed by atoms with van der Waals surface area (Å²) in [4.78, 5) is 25.9. The van der Waals surface area contributed by atoms with Crippen LogP contribution in [0.5, 0.6) is 11.5 Å². The minimum atomic E-state index is -0.409. The van der Waals surface area contributed by atoms with E-state index in [1.807, 2.05) is 38.1 Å². The van der Waals surface area contributed by atoms with Gasteiger partial charge in [-0.25, -0.2) is 0 Å². The molecular formula is C23H29NO5. The third-order valence-corrected chi connectivity index (χ3v) is 4.75. The van der Waals surface area contributed by atoms with E-state index in [0.717, 1.165) is 16.7 Å². The van der Waals surface area contributed by atoms with Gasteiger partial charge in [-0.15, -0.1) is 0 Å². The highest BCUT2D eigenvalue weighted by molar-refractivity contribution is 5.80. The molecule has 0 spiro atoms. The largest absolute Gasteiger partial charge is 0.493 e. The van der Waals surface area contributed by atoms with Crippen LogP contribution in [-0.4, -0.2) is 44.7 Å². The molecule has 0 fully saturated rings. The second kappa shape index (κ2) is 10.5. The van der Waals surface area contributed by atoms with Gasteiger partial charge in [-0.1, -0.05) is 29.8 Å². The highest BCUT2D eigenvalue weighted by Crippen LogP contribution is 2.28. The highest BCUT2D eigenvalue weighted by Gasteiger charge is 2.14. The summed E-state index contributed by atoms with van der Waals surface area (Å²) < 4.78 is 15.6. The number of amides is 1. The van der Waals surface area contributed by atoms with Crippen molar-refractivity contribution in [3.05, 3.63) is 58.7 Å². The molecule has 0 bridgehead atoms. The maximum Gasteiger partial charge on any atom is 0.306 e. The molecule has 2 aromatic rings. The van der Waals surface area contributed by atoms with Gasteiger partial charge in [0.05, 0.1) is 14.2 Å². The van der Waals surface area contributed by atoms with E-state index in [2.05, 4.69) is 6.07 Å². The van der Waals surface area contributed by atoms with Gasteiger partial charge in [0.25, 0.3) is 5.91 Å². The molecule has 0 aliphatic rings. The number of nitrogens with zero attached hydrogens (tertiary/aromatic N) is 1. The fourth-order valence-electron chi connectivity index (χ4n) is 2.97. The van der Waals surface area contributed by atoms with E-state index in [1.54, 1.807) is 32.2 Å². The zero-order chi connectivity index (χ0) is 21.4. The van der Waals surface area contributed by atoms with Gasteiger partial charge >= 0.3 is 5.97 Å². The SMILES string of the molecule is COc1ccc(CCC(=O)OCC(=O)N(C)Cc2ccc(C)cc2C)cc1OC. The summed E-state index contributed by atoms with van der Waals surface area (Å²) in [5.41, 5.74) is 4.32. The molecule has 6 heteroatoms. The first-order valence-corrected chi connectivity index (χ1v) is 9.50. The van der Waals surface area contributed by atoms with Gasteiger partial charge in [-0.3, -0.25) is 9.59 Å². The van der Waals surface area contributed by atoms with Crippen molar-refractivity contribution in [3.8, 4) is 11.5 Å². The molecular weight excluding hydrogens is 370 g/mol. The number of benzene rings is 2. The maximum absolute atomic E-state index is 12.3. The molecule has 0 aliphatic carbocycles. The Hall–Kier alpha value is -3.02. The van der Waals surface area contributed by atoms with E-state index < -0.39 is 5.97 Å². The number of likely N-dealkylation sites (N-methyl/N-ethyl adjacent to an activating group) is 1. The first kappa shape index (κ1) is 22.3. The Morgan fingerprint density at radius 2 is 1.69 bits per heavy atom. The molecule has 0 radical (unpaired) electrons. The topological polar surface area (TPSA) is 65.1 Å². The predicted octanol–water partition coefficient (Wildman–Crippen LogP) is 3.46. The van der Waals surface area contributed by atoms with Gasteiger partial charge in [-0.2, -0.15) is 0 Å². The monoisotopic (exact) mass is 399 g/mol. The van der Waals surface area contributed by atoms with Crippen LogP contribution in [0.3, 0.4) is 0 Å². The van der Waals surface area contributed by atoms with E-state index in [9.17, 15) is 9.59 Å². The van der Waals surface area contributed by atoms with Crippen molar-refractivity contribution in [2.45, 2.75) is 33.2 Å². The van der Waals surface area contributed by atoms with Crippen LogP contribution >= 0.6 is 0 Å². The van der Waals surface area contributed by atoms with E-state index in [4.69, 9.17) is 14.2 Å². The lowest BCUT2D eigenvalue weighted by molar-refractivity contribution is -0.151. The number of esters is 1. The Kier molecular flexibility index (Phi) is 8.07. The summed E-state index contributed by atoms with van der Waals surface area (Å²) in [7, 11) is 4.85. The van der Waals surface area contributed by atoms with E-state index in [1.165, 1.54) is 5.56 Å². The van der Waals surface area contributed by atoms with Gasteiger partial charge < -0.3 is 19.1 Å². The van der Waals surface area contributed by atoms with Crippen molar-refractivity contribution < 1.29 is 23.8 Å². The van der Waals surface area contributed by atoms with Crippen LogP contribution in [-0.2, 0) is 27.3 Å². The number of ether oxygens (including phenoxy) is 3. The lowest BCUT2D eigenvalue weighted by atomic mass is 10.1. The number of carbonyl (C=O) groups excluding carboxylic acids is 2. The van der Waals surface area contributed by atoms with Crippen molar-refractivity contribution in [2.75, 3.05) is 27.9 Å². The summed E-state index contributed by atoms with van der Waals surface area (Å²) in [5, 5.41) is 0. The Labute approximate surface area is 172 Å². The average Bonchev–Trinajstić information content (AvgIpc) is 2.71. The van der Waals surface area contributed by atoms with Crippen LogP contribution < -0.4 is 9.47 Å². The van der Waals surface area contributed by atoms with E-state index in [-0.39, 0.29) is 18.9 Å². The number of hydrogen-bond donors (Lipinski definition) is 0. The molecule has 6 nitrogen and oxygen atoms in total. The molecule has 0 heterocycles. The lowest BCUT2D eigenvalue weighted by Gasteiger charge is -2.18. The van der Waals surface area contributed by atoms with Crippen molar-refractivity contribution in [2.24, 2.45) is 0 Å². The van der Waals surface area contributed by atoms with E-state index >= 15 is 0 Å². The van der Waals surface area contributed by atoms with Crippen molar-refractivity contribution in [3.63, 3.8) is 0 Å². The first-order valence-electron chi connectivity index (χ1n) is 9.50. The zero-order valence-electron chi connectivity index (χ0n) is 17.8. The van der Waals surface area contributed by atoms with E-state index in [0.29, 0.717) is 24.5 Å². The summed E-state index contributed by atoms with van der Waals surface area (Å²) in [5.74, 6) is 0.607. The number of hydrogen-bond acceptors (Lipinski definition) is 5. The maximum atomic E-state index is 12.3. The van der Waals surface area contributed by atoms with Crippen LogP contribution in [0.25, 0.3) is 0 Å². The van der Waals surface area contributed by atoms with Crippen LogP contribution in [0.1, 0.15) is 28.7 Å². The quantitative estimate of drug-likeness (QED) is 0.604. The smallest absolute Gasteiger partial charge is 0.306 e. The average molecular weight is 399 g/mol. The number of carbonyl (C=O) groups is 2. The fourth-order valence-corrected chi connectivity index (χ4v) is 2.97. The summed E-state index contributed by atoms with van der Waals surface area (Å²) >= 11 is 0. The highest BCUT2D eigenvalue weighted by atomic mass is 16.5. The second-order valence-electron chi connectivity index (χ2n) is 7.03. The summed E-state index contributed by atoms with van der Waals surface area (Å²) in [6.45, 7) is 4.28. The van der Waals surface area contributed by atoms with Crippen molar-refractivity contribution in [1.82, 2.24) is 4.90 Å². The first-order chi connectivity index (χ1) is 13.8. The van der Waals surface area contributed by atoms with Gasteiger partial charge in [-0.05, 0) is 49.1 Å².